The molecule has 0 bridgehead atoms. The van der Waals surface area contributed by atoms with Crippen LogP contribution in [0.3, 0.4) is 0 Å². The van der Waals surface area contributed by atoms with E-state index in [0.29, 0.717) is 0 Å². The van der Waals surface area contributed by atoms with Gasteiger partial charge in [0.1, 0.15) is 5.75 Å². The monoisotopic (exact) mass is 189 g/mol. The Morgan fingerprint density at radius 2 is 2.07 bits per heavy atom. The molecule has 0 unspecified atom stereocenters. The van der Waals surface area contributed by atoms with Crippen molar-refractivity contribution in [2.75, 3.05) is 0 Å². The van der Waals surface area contributed by atoms with Crippen molar-refractivity contribution in [1.29, 1.82) is 0 Å². The maximum Gasteiger partial charge on any atom is 0.164 e. The van der Waals surface area contributed by atoms with Gasteiger partial charge in [0.25, 0.3) is 0 Å². The minimum Gasteiger partial charge on any atom is -0.508 e. The standard InChI is InChI=1S/C8H7N5O/c14-8-3-1-7(2-4-8)5-10-13-6-9-11-12-13/h1-6,14H/b10-5+. The van der Waals surface area contributed by atoms with Crippen LogP contribution in [0.25, 0.3) is 0 Å². The summed E-state index contributed by atoms with van der Waals surface area (Å²) in [6, 6.07) is 6.65. The largest absolute Gasteiger partial charge is 0.508 e. The molecule has 1 N–H and O–H groups in total. The highest BCUT2D eigenvalue weighted by atomic mass is 16.3. The molecule has 14 heavy (non-hydrogen) atoms. The number of aromatic hydroxyl groups is 1. The van der Waals surface area contributed by atoms with Crippen LogP contribution in [0.4, 0.5) is 0 Å². The molecule has 1 heterocycles. The minimum atomic E-state index is 0.226. The molecule has 1 aromatic carbocycles. The van der Waals surface area contributed by atoms with Crippen LogP contribution in [0, 0.1) is 0 Å². The number of hydrogen-bond donors (Lipinski definition) is 1. The molecule has 70 valence electrons. The lowest BCUT2D eigenvalue weighted by Crippen LogP contribution is -1.91. The van der Waals surface area contributed by atoms with Crippen molar-refractivity contribution in [2.45, 2.75) is 0 Å². The number of phenolic OH excluding ortho intramolecular Hbond substituents is 1. The smallest absolute Gasteiger partial charge is 0.164 e. The van der Waals surface area contributed by atoms with Crippen LogP contribution in [0.15, 0.2) is 35.7 Å². The molecule has 6 nitrogen and oxygen atoms in total. The number of phenols is 1. The normalized spacial score (nSPS) is 10.9. The fourth-order valence-corrected chi connectivity index (χ4v) is 0.896. The summed E-state index contributed by atoms with van der Waals surface area (Å²) in [4.78, 5) is 1.24. The zero-order chi connectivity index (χ0) is 9.80. The zero-order valence-electron chi connectivity index (χ0n) is 7.15. The van der Waals surface area contributed by atoms with Gasteiger partial charge < -0.3 is 5.11 Å². The molecule has 0 amide bonds. The van der Waals surface area contributed by atoms with Crippen LogP contribution < -0.4 is 0 Å². The van der Waals surface area contributed by atoms with Gasteiger partial charge in [0.15, 0.2) is 6.33 Å². The molecule has 0 aliphatic rings. The molecule has 1 aromatic heterocycles. The van der Waals surface area contributed by atoms with Crippen LogP contribution in [-0.4, -0.2) is 31.6 Å². The molecule has 0 aliphatic heterocycles. The first-order valence-corrected chi connectivity index (χ1v) is 3.91. The molecule has 0 fully saturated rings. The maximum atomic E-state index is 9.03. The summed E-state index contributed by atoms with van der Waals surface area (Å²) < 4.78 is 0. The molecule has 0 aliphatic carbocycles. The van der Waals surface area contributed by atoms with Crippen molar-refractivity contribution in [3.8, 4) is 5.75 Å². The van der Waals surface area contributed by atoms with E-state index in [2.05, 4.69) is 20.6 Å². The highest BCUT2D eigenvalue weighted by molar-refractivity contribution is 5.79. The lowest BCUT2D eigenvalue weighted by molar-refractivity contribution is 0.475. The van der Waals surface area contributed by atoms with Gasteiger partial charge in [0, 0.05) is 0 Å². The molecule has 2 rings (SSSR count). The predicted molar refractivity (Wildman–Crippen MR) is 48.9 cm³/mol. The van der Waals surface area contributed by atoms with Gasteiger partial charge in [-0.1, -0.05) is 0 Å². The Labute approximate surface area is 79.5 Å². The molecular formula is C8H7N5O. The molecule has 0 radical (unpaired) electrons. The lowest BCUT2D eigenvalue weighted by atomic mass is 10.2. The summed E-state index contributed by atoms with van der Waals surface area (Å²) >= 11 is 0. The Bertz CT molecular complexity index is 420. The van der Waals surface area contributed by atoms with Crippen molar-refractivity contribution in [2.24, 2.45) is 5.10 Å². The van der Waals surface area contributed by atoms with Crippen LogP contribution in [0.1, 0.15) is 5.56 Å². The van der Waals surface area contributed by atoms with E-state index >= 15 is 0 Å². The van der Waals surface area contributed by atoms with E-state index in [0.717, 1.165) is 5.56 Å². The van der Waals surface area contributed by atoms with Gasteiger partial charge in [-0.3, -0.25) is 0 Å². The Balaban J connectivity index is 2.15. The van der Waals surface area contributed by atoms with E-state index in [4.69, 9.17) is 5.11 Å². The Morgan fingerprint density at radius 3 is 2.71 bits per heavy atom. The second-order valence-electron chi connectivity index (χ2n) is 2.57. The van der Waals surface area contributed by atoms with E-state index in [-0.39, 0.29) is 5.75 Å². The van der Waals surface area contributed by atoms with Crippen molar-refractivity contribution >= 4 is 6.21 Å². The number of benzene rings is 1. The first-order chi connectivity index (χ1) is 6.84. The number of tetrazole rings is 1. The van der Waals surface area contributed by atoms with Gasteiger partial charge in [-0.25, -0.2) is 0 Å². The van der Waals surface area contributed by atoms with E-state index in [1.165, 1.54) is 11.1 Å². The second kappa shape index (κ2) is 3.65. The summed E-state index contributed by atoms with van der Waals surface area (Å²) in [5.41, 5.74) is 0.860. The fourth-order valence-electron chi connectivity index (χ4n) is 0.896. The SMILES string of the molecule is Oc1ccc(/C=N/n2cnnn2)cc1. The van der Waals surface area contributed by atoms with E-state index in [1.54, 1.807) is 30.5 Å². The summed E-state index contributed by atoms with van der Waals surface area (Å²) in [7, 11) is 0. The lowest BCUT2D eigenvalue weighted by Gasteiger charge is -1.92. The first kappa shape index (κ1) is 8.36. The topological polar surface area (TPSA) is 76.2 Å². The second-order valence-corrected chi connectivity index (χ2v) is 2.57. The maximum absolute atomic E-state index is 9.03. The average molecular weight is 189 g/mol. The van der Waals surface area contributed by atoms with Gasteiger partial charge >= 0.3 is 0 Å². The quantitative estimate of drug-likeness (QED) is 0.687. The third-order valence-electron chi connectivity index (χ3n) is 1.56. The van der Waals surface area contributed by atoms with Crippen LogP contribution in [-0.2, 0) is 0 Å². The fraction of sp³-hybridized carbons (Fsp3) is 0. The Morgan fingerprint density at radius 1 is 1.29 bits per heavy atom. The summed E-state index contributed by atoms with van der Waals surface area (Å²) in [5, 5.41) is 23.4. The van der Waals surface area contributed by atoms with E-state index < -0.39 is 0 Å². The molecule has 0 saturated heterocycles. The van der Waals surface area contributed by atoms with Gasteiger partial charge in [0.2, 0.25) is 0 Å². The van der Waals surface area contributed by atoms with Gasteiger partial charge in [0.05, 0.1) is 6.21 Å². The van der Waals surface area contributed by atoms with Gasteiger partial charge in [-0.2, -0.15) is 5.10 Å². The number of nitrogens with zero attached hydrogens (tertiary/aromatic N) is 5. The van der Waals surface area contributed by atoms with Gasteiger partial charge in [-0.15, -0.1) is 9.89 Å². The highest BCUT2D eigenvalue weighted by Crippen LogP contribution is 2.07. The molecule has 2 aromatic rings. The zero-order valence-corrected chi connectivity index (χ0v) is 7.15. The third-order valence-corrected chi connectivity index (χ3v) is 1.56. The van der Waals surface area contributed by atoms with E-state index in [1.807, 2.05) is 0 Å². The summed E-state index contributed by atoms with van der Waals surface area (Å²) in [6.07, 6.45) is 2.98. The van der Waals surface area contributed by atoms with Crippen molar-refractivity contribution < 1.29 is 5.11 Å². The average Bonchev–Trinajstić information content (AvgIpc) is 2.70. The highest BCUT2D eigenvalue weighted by Gasteiger charge is 1.89. The Kier molecular flexibility index (Phi) is 2.18. The third kappa shape index (κ3) is 1.92. The van der Waals surface area contributed by atoms with Crippen molar-refractivity contribution in [1.82, 2.24) is 20.3 Å². The van der Waals surface area contributed by atoms with Crippen molar-refractivity contribution in [3.63, 3.8) is 0 Å². The number of hydrogen-bond acceptors (Lipinski definition) is 5. The van der Waals surface area contributed by atoms with Crippen LogP contribution in [0.2, 0.25) is 0 Å². The summed E-state index contributed by atoms with van der Waals surface area (Å²) in [6.45, 7) is 0. The summed E-state index contributed by atoms with van der Waals surface area (Å²) in [5.74, 6) is 0.226. The molecule has 0 saturated carbocycles. The molecule has 0 atom stereocenters. The van der Waals surface area contributed by atoms with Crippen molar-refractivity contribution in [3.05, 3.63) is 36.2 Å². The van der Waals surface area contributed by atoms with Crippen LogP contribution >= 0.6 is 0 Å². The Hall–Kier alpha value is -2.24. The first-order valence-electron chi connectivity index (χ1n) is 3.91. The van der Waals surface area contributed by atoms with Gasteiger partial charge in [-0.05, 0) is 40.3 Å². The number of rotatable bonds is 2. The van der Waals surface area contributed by atoms with E-state index in [9.17, 15) is 0 Å². The number of aromatic nitrogens is 4. The molecular weight excluding hydrogens is 182 g/mol. The van der Waals surface area contributed by atoms with Crippen LogP contribution in [0.5, 0.6) is 5.75 Å². The predicted octanol–water partition coefficient (Wildman–Crippen LogP) is 0.261. The minimum absolute atomic E-state index is 0.226. The molecule has 6 heteroatoms. The molecule has 0 spiro atoms.